The number of alkyl halides is 3. The van der Waals surface area contributed by atoms with Crippen molar-refractivity contribution in [1.82, 2.24) is 19.7 Å². The molecular weight excluding hydrogens is 479 g/mol. The highest BCUT2D eigenvalue weighted by Gasteiger charge is 2.38. The molecule has 11 heteroatoms. The number of hydrogen-bond donors (Lipinski definition) is 0. The standard InChI is InChI=1S/C24H24F3N5O2S/c1-15-11-21(24(25,26)27)29-32(15)22-12-17(7-8-31(22)9-10-33)23-28-19(14-35-23)18-13-20(34-30-18)16-5-3-2-4-6-16/h2-6,10-11,14,17,20,22H,7-9,12-13H2,1H3/t17?,20-,22?/m0/s1. The molecule has 4 heterocycles. The monoisotopic (exact) mass is 503 g/mol. The Morgan fingerprint density at radius 3 is 2.77 bits per heavy atom. The molecular formula is C24H24F3N5O2S. The van der Waals surface area contributed by atoms with Gasteiger partial charge in [-0.1, -0.05) is 35.5 Å². The highest BCUT2D eigenvalue weighted by Crippen LogP contribution is 2.40. The summed E-state index contributed by atoms with van der Waals surface area (Å²) in [4.78, 5) is 23.6. The van der Waals surface area contributed by atoms with Crippen LogP contribution in [0.5, 0.6) is 0 Å². The van der Waals surface area contributed by atoms with E-state index >= 15 is 0 Å². The molecule has 35 heavy (non-hydrogen) atoms. The van der Waals surface area contributed by atoms with E-state index in [1.165, 1.54) is 16.0 Å². The van der Waals surface area contributed by atoms with E-state index in [0.717, 1.165) is 40.8 Å². The molecule has 184 valence electrons. The smallest absolute Gasteiger partial charge is 0.387 e. The van der Waals surface area contributed by atoms with Crippen molar-refractivity contribution in [2.24, 2.45) is 5.16 Å². The van der Waals surface area contributed by atoms with Gasteiger partial charge in [0, 0.05) is 30.0 Å². The van der Waals surface area contributed by atoms with Gasteiger partial charge in [-0.15, -0.1) is 11.3 Å². The molecule has 1 aromatic carbocycles. The molecule has 1 saturated heterocycles. The number of thiazole rings is 1. The Morgan fingerprint density at radius 2 is 2.06 bits per heavy atom. The van der Waals surface area contributed by atoms with Crippen LogP contribution in [0.2, 0.25) is 0 Å². The summed E-state index contributed by atoms with van der Waals surface area (Å²) in [6, 6.07) is 10.9. The summed E-state index contributed by atoms with van der Waals surface area (Å²) in [5.41, 5.74) is 2.09. The molecule has 3 aromatic rings. The summed E-state index contributed by atoms with van der Waals surface area (Å²) >= 11 is 1.52. The lowest BCUT2D eigenvalue weighted by Gasteiger charge is -2.38. The fourth-order valence-corrected chi connectivity index (χ4v) is 5.67. The quantitative estimate of drug-likeness (QED) is 0.437. The molecule has 0 radical (unpaired) electrons. The molecule has 7 nitrogen and oxygen atoms in total. The zero-order valence-electron chi connectivity index (χ0n) is 19.0. The van der Waals surface area contributed by atoms with Gasteiger partial charge in [-0.05, 0) is 31.4 Å². The molecule has 0 N–H and O–H groups in total. The number of piperidine rings is 1. The van der Waals surface area contributed by atoms with Gasteiger partial charge in [0.05, 0.1) is 17.2 Å². The van der Waals surface area contributed by atoms with Crippen LogP contribution in [0.1, 0.15) is 65.1 Å². The molecule has 5 rings (SSSR count). The average molecular weight is 504 g/mol. The molecule has 1 fully saturated rings. The normalized spacial score (nSPS) is 23.2. The summed E-state index contributed by atoms with van der Waals surface area (Å²) in [6.45, 7) is 2.30. The van der Waals surface area contributed by atoms with Gasteiger partial charge in [-0.2, -0.15) is 18.3 Å². The predicted octanol–water partition coefficient (Wildman–Crippen LogP) is 5.11. The second-order valence-electron chi connectivity index (χ2n) is 8.79. The zero-order chi connectivity index (χ0) is 24.6. The van der Waals surface area contributed by atoms with Gasteiger partial charge < -0.3 is 9.63 Å². The van der Waals surface area contributed by atoms with Crippen molar-refractivity contribution < 1.29 is 22.8 Å². The van der Waals surface area contributed by atoms with Crippen molar-refractivity contribution in [3.8, 4) is 0 Å². The van der Waals surface area contributed by atoms with Crippen molar-refractivity contribution >= 4 is 23.3 Å². The Bertz CT molecular complexity index is 1220. The molecule has 0 aliphatic carbocycles. The maximum atomic E-state index is 13.2. The molecule has 2 aliphatic heterocycles. The third kappa shape index (κ3) is 4.87. The minimum atomic E-state index is -4.52. The lowest BCUT2D eigenvalue weighted by atomic mass is 9.94. The molecule has 2 unspecified atom stereocenters. The Kier molecular flexibility index (Phi) is 6.45. The van der Waals surface area contributed by atoms with Crippen molar-refractivity contribution in [2.45, 2.75) is 50.6 Å². The lowest BCUT2D eigenvalue weighted by Crippen LogP contribution is -2.41. The first kappa shape index (κ1) is 23.7. The SMILES string of the molecule is Cc1cc(C(F)(F)F)nn1C1CC(c2nc(C3=NO[C@H](c4ccccc4)C3)cs2)CCN1CC=O. The molecule has 0 saturated carbocycles. The van der Waals surface area contributed by atoms with Crippen LogP contribution in [0.4, 0.5) is 13.2 Å². The van der Waals surface area contributed by atoms with Crippen LogP contribution in [0, 0.1) is 6.92 Å². The van der Waals surface area contributed by atoms with E-state index in [1.54, 1.807) is 6.92 Å². The number of carbonyl (C=O) groups excluding carboxylic acids is 1. The molecule has 0 spiro atoms. The number of likely N-dealkylation sites (tertiary alicyclic amines) is 1. The number of aryl methyl sites for hydroxylation is 1. The van der Waals surface area contributed by atoms with Crippen molar-refractivity contribution in [3.05, 3.63) is 69.4 Å². The number of aldehydes is 1. The van der Waals surface area contributed by atoms with E-state index in [1.807, 2.05) is 40.6 Å². The number of rotatable bonds is 6. The van der Waals surface area contributed by atoms with E-state index in [0.29, 0.717) is 25.1 Å². The summed E-state index contributed by atoms with van der Waals surface area (Å²) in [6.07, 6.45) is -2.46. The summed E-state index contributed by atoms with van der Waals surface area (Å²) in [5.74, 6) is 0.0347. The molecule has 3 atom stereocenters. The van der Waals surface area contributed by atoms with Crippen molar-refractivity contribution in [3.63, 3.8) is 0 Å². The molecule has 0 amide bonds. The third-order valence-corrected chi connectivity index (χ3v) is 7.50. The highest BCUT2D eigenvalue weighted by atomic mass is 32.1. The predicted molar refractivity (Wildman–Crippen MR) is 124 cm³/mol. The summed E-state index contributed by atoms with van der Waals surface area (Å²) < 4.78 is 41.1. The topological polar surface area (TPSA) is 72.6 Å². The number of hydrogen-bond acceptors (Lipinski definition) is 7. The number of aromatic nitrogens is 3. The zero-order valence-corrected chi connectivity index (χ0v) is 19.8. The second-order valence-corrected chi connectivity index (χ2v) is 9.68. The largest absolute Gasteiger partial charge is 0.435 e. The first-order valence-corrected chi connectivity index (χ1v) is 12.3. The minimum Gasteiger partial charge on any atom is -0.387 e. The van der Waals surface area contributed by atoms with Crippen LogP contribution >= 0.6 is 11.3 Å². The maximum absolute atomic E-state index is 13.2. The van der Waals surface area contributed by atoms with Crippen LogP contribution in [-0.2, 0) is 15.8 Å². The Hall–Kier alpha value is -3.05. The maximum Gasteiger partial charge on any atom is 0.435 e. The van der Waals surface area contributed by atoms with Gasteiger partial charge >= 0.3 is 6.18 Å². The van der Waals surface area contributed by atoms with Crippen LogP contribution in [0.15, 0.2) is 46.9 Å². The number of carbonyl (C=O) groups is 1. The fourth-order valence-electron chi connectivity index (χ4n) is 4.69. The van der Waals surface area contributed by atoms with Gasteiger partial charge in [0.2, 0.25) is 0 Å². The number of benzene rings is 1. The molecule has 2 aliphatic rings. The van der Waals surface area contributed by atoms with Gasteiger partial charge in [0.1, 0.15) is 18.2 Å². The van der Waals surface area contributed by atoms with Crippen molar-refractivity contribution in [2.75, 3.05) is 13.1 Å². The van der Waals surface area contributed by atoms with E-state index < -0.39 is 18.0 Å². The van der Waals surface area contributed by atoms with E-state index in [9.17, 15) is 18.0 Å². The summed E-state index contributed by atoms with van der Waals surface area (Å²) in [5, 5.41) is 11.0. The fraction of sp³-hybridized carbons (Fsp3) is 0.417. The van der Waals surface area contributed by atoms with Crippen LogP contribution in [0.25, 0.3) is 0 Å². The van der Waals surface area contributed by atoms with Crippen LogP contribution in [0.3, 0.4) is 0 Å². The van der Waals surface area contributed by atoms with Crippen LogP contribution in [-0.4, -0.2) is 44.8 Å². The number of nitrogens with zero attached hydrogens (tertiary/aromatic N) is 5. The molecule has 0 bridgehead atoms. The summed E-state index contributed by atoms with van der Waals surface area (Å²) in [7, 11) is 0. The highest BCUT2D eigenvalue weighted by molar-refractivity contribution is 7.10. The minimum absolute atomic E-state index is 0.0347. The Morgan fingerprint density at radius 1 is 1.26 bits per heavy atom. The van der Waals surface area contributed by atoms with Crippen molar-refractivity contribution in [1.29, 1.82) is 0 Å². The Labute approximate surface area is 204 Å². The lowest BCUT2D eigenvalue weighted by molar-refractivity contribution is -0.141. The third-order valence-electron chi connectivity index (χ3n) is 6.49. The Balaban J connectivity index is 1.33. The first-order chi connectivity index (χ1) is 16.8. The van der Waals surface area contributed by atoms with Gasteiger partial charge in [-0.3, -0.25) is 9.58 Å². The molecule has 2 aromatic heterocycles. The number of halogens is 3. The second kappa shape index (κ2) is 9.54. The van der Waals surface area contributed by atoms with Gasteiger partial charge in [0.25, 0.3) is 0 Å². The average Bonchev–Trinajstić information content (AvgIpc) is 3.59. The van der Waals surface area contributed by atoms with E-state index in [4.69, 9.17) is 9.82 Å². The number of oxime groups is 1. The van der Waals surface area contributed by atoms with E-state index in [2.05, 4.69) is 10.3 Å². The van der Waals surface area contributed by atoms with Crippen LogP contribution < -0.4 is 0 Å². The van der Waals surface area contributed by atoms with Gasteiger partial charge in [0.15, 0.2) is 11.8 Å². The van der Waals surface area contributed by atoms with E-state index in [-0.39, 0.29) is 18.6 Å². The first-order valence-electron chi connectivity index (χ1n) is 11.4. The van der Waals surface area contributed by atoms with Gasteiger partial charge in [-0.25, -0.2) is 4.98 Å².